The summed E-state index contributed by atoms with van der Waals surface area (Å²) < 4.78 is 40.1. The van der Waals surface area contributed by atoms with Crippen molar-refractivity contribution in [2.45, 2.75) is 31.0 Å². The quantitative estimate of drug-likeness (QED) is 0.712. The van der Waals surface area contributed by atoms with E-state index in [9.17, 15) is 23.1 Å². The minimum absolute atomic E-state index is 0.00951. The lowest BCUT2D eigenvalue weighted by Gasteiger charge is -2.43. The van der Waals surface area contributed by atoms with Crippen molar-refractivity contribution >= 4 is 12.0 Å². The van der Waals surface area contributed by atoms with Gasteiger partial charge in [-0.1, -0.05) is 54.6 Å². The number of alkyl halides is 3. The van der Waals surface area contributed by atoms with Crippen molar-refractivity contribution in [2.24, 2.45) is 5.41 Å². The monoisotopic (exact) mass is 392 g/mol. The fourth-order valence-electron chi connectivity index (χ4n) is 3.82. The van der Waals surface area contributed by atoms with Crippen LogP contribution >= 0.6 is 0 Å². The van der Waals surface area contributed by atoms with Crippen LogP contribution in [0.4, 0.5) is 13.2 Å². The Bertz CT molecular complexity index is 794. The van der Waals surface area contributed by atoms with Crippen LogP contribution in [-0.2, 0) is 4.79 Å². The SMILES string of the molecule is O=C(O)C1(CC2(C=Cc3ccccc3)C=CC=C(C(F)(F)F)N2)CCCNC1. The van der Waals surface area contributed by atoms with Crippen molar-refractivity contribution < 1.29 is 23.1 Å². The van der Waals surface area contributed by atoms with Crippen LogP contribution in [0.15, 0.2) is 60.3 Å². The van der Waals surface area contributed by atoms with Gasteiger partial charge >= 0.3 is 12.1 Å². The van der Waals surface area contributed by atoms with Crippen LogP contribution in [0.2, 0.25) is 0 Å². The van der Waals surface area contributed by atoms with E-state index < -0.39 is 28.8 Å². The molecule has 7 heteroatoms. The van der Waals surface area contributed by atoms with Gasteiger partial charge in [-0.25, -0.2) is 0 Å². The number of carboxylic acids is 1. The van der Waals surface area contributed by atoms with E-state index in [1.54, 1.807) is 18.2 Å². The molecule has 0 bridgehead atoms. The van der Waals surface area contributed by atoms with E-state index in [2.05, 4.69) is 10.6 Å². The lowest BCUT2D eigenvalue weighted by Crippen LogP contribution is -2.55. The average molecular weight is 392 g/mol. The molecule has 0 radical (unpaired) electrons. The molecule has 0 aliphatic carbocycles. The zero-order chi connectivity index (χ0) is 20.3. The maximum Gasteiger partial charge on any atom is 0.430 e. The molecule has 3 N–H and O–H groups in total. The Morgan fingerprint density at radius 1 is 1.25 bits per heavy atom. The van der Waals surface area contributed by atoms with Crippen molar-refractivity contribution in [2.75, 3.05) is 13.1 Å². The molecular formula is C21H23F3N2O2. The molecule has 2 aliphatic heterocycles. The summed E-state index contributed by atoms with van der Waals surface area (Å²) >= 11 is 0. The molecule has 1 saturated heterocycles. The van der Waals surface area contributed by atoms with E-state index in [0.717, 1.165) is 11.6 Å². The Morgan fingerprint density at radius 3 is 2.61 bits per heavy atom. The van der Waals surface area contributed by atoms with Gasteiger partial charge in [0.2, 0.25) is 0 Å². The molecule has 2 aliphatic rings. The van der Waals surface area contributed by atoms with Crippen LogP contribution in [0.1, 0.15) is 24.8 Å². The van der Waals surface area contributed by atoms with Crippen LogP contribution in [-0.4, -0.2) is 35.9 Å². The summed E-state index contributed by atoms with van der Waals surface area (Å²) in [4.78, 5) is 12.1. The second-order valence-corrected chi connectivity index (χ2v) is 7.39. The Morgan fingerprint density at radius 2 is 2.00 bits per heavy atom. The third-order valence-corrected chi connectivity index (χ3v) is 5.26. The van der Waals surface area contributed by atoms with Crippen molar-refractivity contribution in [3.8, 4) is 0 Å². The maximum atomic E-state index is 13.4. The molecular weight excluding hydrogens is 369 g/mol. The molecule has 2 atom stereocenters. The van der Waals surface area contributed by atoms with Gasteiger partial charge in [0.05, 0.1) is 11.0 Å². The number of benzene rings is 1. The number of piperidine rings is 1. The molecule has 1 aromatic carbocycles. The number of carboxylic acid groups (broad SMARTS) is 1. The number of halogens is 3. The van der Waals surface area contributed by atoms with E-state index in [4.69, 9.17) is 0 Å². The van der Waals surface area contributed by atoms with Crippen molar-refractivity contribution in [1.82, 2.24) is 10.6 Å². The van der Waals surface area contributed by atoms with Gasteiger partial charge in [0.1, 0.15) is 5.70 Å². The van der Waals surface area contributed by atoms with E-state index in [0.29, 0.717) is 19.4 Å². The van der Waals surface area contributed by atoms with Gasteiger partial charge in [-0.15, -0.1) is 0 Å². The van der Waals surface area contributed by atoms with Gasteiger partial charge in [0.25, 0.3) is 0 Å². The van der Waals surface area contributed by atoms with Crippen molar-refractivity contribution in [3.05, 3.63) is 65.9 Å². The predicted octanol–water partition coefficient (Wildman–Crippen LogP) is 3.89. The molecule has 1 fully saturated rings. The number of dihydropyridines is 1. The topological polar surface area (TPSA) is 61.4 Å². The number of carbonyl (C=O) groups is 1. The first-order valence-corrected chi connectivity index (χ1v) is 9.18. The molecule has 0 spiro atoms. The Labute approximate surface area is 161 Å². The Balaban J connectivity index is 1.97. The smallest absolute Gasteiger partial charge is 0.430 e. The molecule has 0 amide bonds. The fourth-order valence-corrected chi connectivity index (χ4v) is 3.82. The Hall–Kier alpha value is -2.54. The van der Waals surface area contributed by atoms with E-state index in [1.165, 1.54) is 6.08 Å². The first kappa shape index (κ1) is 20.2. The highest BCUT2D eigenvalue weighted by molar-refractivity contribution is 5.75. The van der Waals surface area contributed by atoms with Gasteiger partial charge in [-0.3, -0.25) is 4.79 Å². The highest BCUT2D eigenvalue weighted by atomic mass is 19.4. The average Bonchev–Trinajstić information content (AvgIpc) is 2.67. The molecule has 3 rings (SSSR count). The van der Waals surface area contributed by atoms with E-state index >= 15 is 0 Å². The summed E-state index contributed by atoms with van der Waals surface area (Å²) in [6.45, 7) is 0.933. The van der Waals surface area contributed by atoms with Crippen LogP contribution in [0.25, 0.3) is 6.08 Å². The first-order valence-electron chi connectivity index (χ1n) is 9.18. The highest BCUT2D eigenvalue weighted by Gasteiger charge is 2.48. The fraction of sp³-hybridized carbons (Fsp3) is 0.381. The zero-order valence-electron chi connectivity index (χ0n) is 15.3. The first-order chi connectivity index (χ1) is 13.2. The van der Waals surface area contributed by atoms with Crippen molar-refractivity contribution in [3.63, 3.8) is 0 Å². The predicted molar refractivity (Wildman–Crippen MR) is 101 cm³/mol. The summed E-state index contributed by atoms with van der Waals surface area (Å²) in [6, 6.07) is 9.20. The number of hydrogen-bond donors (Lipinski definition) is 3. The third kappa shape index (κ3) is 4.47. The number of rotatable bonds is 5. The minimum Gasteiger partial charge on any atom is -0.481 e. The highest BCUT2D eigenvalue weighted by Crippen LogP contribution is 2.40. The molecule has 2 unspecified atom stereocenters. The second kappa shape index (κ2) is 7.83. The standard InChI is InChI=1S/C21H23F3N2O2/c22-21(23,24)17-8-4-11-20(26-17,12-9-16-6-2-1-3-7-16)14-19(18(27)28)10-5-13-25-15-19/h1-4,6-9,11-12,25-26H,5,10,13-15H2,(H,27,28). The van der Waals surface area contributed by atoms with Gasteiger partial charge in [0.15, 0.2) is 0 Å². The number of aliphatic carboxylic acids is 1. The number of allylic oxidation sites excluding steroid dienone is 3. The van der Waals surface area contributed by atoms with Crippen LogP contribution in [0, 0.1) is 5.41 Å². The van der Waals surface area contributed by atoms with Crippen LogP contribution in [0.3, 0.4) is 0 Å². The summed E-state index contributed by atoms with van der Waals surface area (Å²) in [5, 5.41) is 15.6. The normalized spacial score (nSPS) is 28.0. The third-order valence-electron chi connectivity index (χ3n) is 5.26. The molecule has 150 valence electrons. The lowest BCUT2D eigenvalue weighted by atomic mass is 9.70. The van der Waals surface area contributed by atoms with Crippen molar-refractivity contribution in [1.29, 1.82) is 0 Å². The van der Waals surface area contributed by atoms with Gasteiger partial charge in [0, 0.05) is 6.54 Å². The van der Waals surface area contributed by atoms with Gasteiger partial charge in [-0.05, 0) is 37.4 Å². The molecule has 0 saturated carbocycles. The molecule has 1 aromatic rings. The summed E-state index contributed by atoms with van der Waals surface area (Å²) in [5.41, 5.74) is -2.46. The van der Waals surface area contributed by atoms with Gasteiger partial charge < -0.3 is 15.7 Å². The molecule has 0 aromatic heterocycles. The van der Waals surface area contributed by atoms with Gasteiger partial charge in [-0.2, -0.15) is 13.2 Å². The molecule has 28 heavy (non-hydrogen) atoms. The number of hydrogen-bond acceptors (Lipinski definition) is 3. The largest absolute Gasteiger partial charge is 0.481 e. The van der Waals surface area contributed by atoms with Crippen LogP contribution < -0.4 is 10.6 Å². The second-order valence-electron chi connectivity index (χ2n) is 7.39. The van der Waals surface area contributed by atoms with E-state index in [1.807, 2.05) is 30.3 Å². The summed E-state index contributed by atoms with van der Waals surface area (Å²) in [7, 11) is 0. The Kier molecular flexibility index (Phi) is 5.65. The summed E-state index contributed by atoms with van der Waals surface area (Å²) in [6.07, 6.45) is 3.84. The summed E-state index contributed by atoms with van der Waals surface area (Å²) in [5.74, 6) is -0.995. The minimum atomic E-state index is -4.54. The lowest BCUT2D eigenvalue weighted by molar-refractivity contribution is -0.151. The van der Waals surface area contributed by atoms with E-state index in [-0.39, 0.29) is 13.0 Å². The molecule has 2 heterocycles. The maximum absolute atomic E-state index is 13.4. The van der Waals surface area contributed by atoms with Crippen LogP contribution in [0.5, 0.6) is 0 Å². The zero-order valence-corrected chi connectivity index (χ0v) is 15.3. The number of nitrogens with one attached hydrogen (secondary N) is 2. The molecule has 4 nitrogen and oxygen atoms in total.